The summed E-state index contributed by atoms with van der Waals surface area (Å²) in [6.45, 7) is 8.51. The van der Waals surface area contributed by atoms with E-state index in [1.54, 1.807) is 12.1 Å². The standard InChI is InChI=1S/C25H24N2O3/c1-3-12-30-19-9-7-8-17(14-19)13-18-15-27(4-2)16-21-23(25(28)29)20-10-5-6-11-22(20)26-24(18)21/h3,5-11,13-14H,1,4,12,15-16H2,2H3,(H,28,29)/b18-13+. The first-order valence-corrected chi connectivity index (χ1v) is 10.1. The number of para-hydroxylation sites is 1. The number of ether oxygens (including phenoxy) is 1. The van der Waals surface area contributed by atoms with Gasteiger partial charge in [0.1, 0.15) is 25.4 Å². The van der Waals surface area contributed by atoms with E-state index in [0.29, 0.717) is 24.1 Å². The Morgan fingerprint density at radius 1 is 1.23 bits per heavy atom. The Balaban J connectivity index is 1.88. The van der Waals surface area contributed by atoms with Crippen LogP contribution in [0.2, 0.25) is 0 Å². The lowest BCUT2D eigenvalue weighted by Crippen LogP contribution is -3.11. The maximum absolute atomic E-state index is 12.1. The van der Waals surface area contributed by atoms with E-state index in [4.69, 9.17) is 9.72 Å². The molecular formula is C25H24N2O3. The summed E-state index contributed by atoms with van der Waals surface area (Å²) in [7, 11) is 0. The quantitative estimate of drug-likeness (QED) is 0.644. The number of fused-ring (bicyclic) bond motifs is 2. The van der Waals surface area contributed by atoms with Gasteiger partial charge in [0.25, 0.3) is 0 Å². The molecule has 5 nitrogen and oxygen atoms in total. The average molecular weight is 400 g/mol. The fourth-order valence-electron chi connectivity index (χ4n) is 4.01. The fraction of sp³-hybridized carbons (Fsp3) is 0.200. The van der Waals surface area contributed by atoms with Gasteiger partial charge in [-0.1, -0.05) is 43.0 Å². The minimum absolute atomic E-state index is 0.259. The number of quaternary nitrogens is 1. The van der Waals surface area contributed by atoms with E-state index in [2.05, 4.69) is 19.6 Å². The van der Waals surface area contributed by atoms with Crippen LogP contribution < -0.4 is 14.7 Å². The van der Waals surface area contributed by atoms with Gasteiger partial charge in [0.15, 0.2) is 0 Å². The summed E-state index contributed by atoms with van der Waals surface area (Å²) in [6.07, 6.45) is 3.79. The summed E-state index contributed by atoms with van der Waals surface area (Å²) in [6, 6.07) is 15.2. The number of carboxylic acids is 1. The molecule has 4 rings (SSSR count). The number of benzene rings is 2. The number of rotatable bonds is 6. The first kappa shape index (κ1) is 19.9. The number of carbonyl (C=O) groups is 1. The minimum atomic E-state index is -1.15. The van der Waals surface area contributed by atoms with Gasteiger partial charge in [-0.25, -0.2) is 4.98 Å². The molecule has 1 aliphatic heterocycles. The van der Waals surface area contributed by atoms with Gasteiger partial charge < -0.3 is 19.5 Å². The largest absolute Gasteiger partial charge is 0.545 e. The predicted molar refractivity (Wildman–Crippen MR) is 116 cm³/mol. The van der Waals surface area contributed by atoms with E-state index in [9.17, 15) is 9.90 Å². The number of hydrogen-bond acceptors (Lipinski definition) is 4. The van der Waals surface area contributed by atoms with Gasteiger partial charge in [-0.2, -0.15) is 0 Å². The van der Waals surface area contributed by atoms with Crippen molar-refractivity contribution in [1.29, 1.82) is 0 Å². The fourth-order valence-corrected chi connectivity index (χ4v) is 4.01. The van der Waals surface area contributed by atoms with Crippen LogP contribution in [-0.4, -0.2) is 30.6 Å². The number of aromatic carboxylic acids is 1. The van der Waals surface area contributed by atoms with Gasteiger partial charge >= 0.3 is 0 Å². The molecule has 3 aromatic rings. The Morgan fingerprint density at radius 3 is 2.83 bits per heavy atom. The van der Waals surface area contributed by atoms with Crippen LogP contribution in [0.5, 0.6) is 5.75 Å². The lowest BCUT2D eigenvalue weighted by Gasteiger charge is -2.29. The Morgan fingerprint density at radius 2 is 2.07 bits per heavy atom. The van der Waals surface area contributed by atoms with Crippen LogP contribution in [0.15, 0.2) is 61.2 Å². The van der Waals surface area contributed by atoms with Crippen molar-refractivity contribution >= 4 is 28.5 Å². The summed E-state index contributed by atoms with van der Waals surface area (Å²) in [5.74, 6) is -0.386. The van der Waals surface area contributed by atoms with Gasteiger partial charge in [0.2, 0.25) is 0 Å². The molecule has 0 fully saturated rings. The van der Waals surface area contributed by atoms with E-state index in [-0.39, 0.29) is 5.56 Å². The first-order chi connectivity index (χ1) is 14.6. The second-order valence-electron chi connectivity index (χ2n) is 7.42. The van der Waals surface area contributed by atoms with Gasteiger partial charge in [0, 0.05) is 22.1 Å². The molecule has 2 aromatic carbocycles. The molecule has 0 radical (unpaired) electrons. The normalized spacial score (nSPS) is 17.0. The summed E-state index contributed by atoms with van der Waals surface area (Å²) in [5.41, 5.74) is 4.44. The van der Waals surface area contributed by atoms with Gasteiger partial charge in [-0.05, 0) is 36.8 Å². The van der Waals surface area contributed by atoms with Crippen molar-refractivity contribution in [1.82, 2.24) is 4.98 Å². The number of nitrogens with one attached hydrogen (secondary N) is 1. The van der Waals surface area contributed by atoms with Crippen molar-refractivity contribution in [3.05, 3.63) is 83.6 Å². The maximum atomic E-state index is 12.1. The predicted octanol–water partition coefficient (Wildman–Crippen LogP) is 2.12. The Kier molecular flexibility index (Phi) is 5.63. The lowest BCUT2D eigenvalue weighted by atomic mass is 9.92. The SMILES string of the molecule is C=CCOc1cccc(/C=C2\C[NH+](CC)Cc3c2nc2ccccc2c3C(=O)[O-])c1. The zero-order chi connectivity index (χ0) is 21.1. The van der Waals surface area contributed by atoms with E-state index in [1.165, 1.54) is 4.90 Å². The van der Waals surface area contributed by atoms with Crippen molar-refractivity contribution in [2.75, 3.05) is 19.7 Å². The molecule has 0 spiro atoms. The molecule has 0 saturated heterocycles. The molecule has 1 N–H and O–H groups in total. The molecule has 1 atom stereocenters. The van der Waals surface area contributed by atoms with E-state index >= 15 is 0 Å². The number of likely N-dealkylation sites (N-methyl/N-ethyl adjacent to an activating group) is 1. The summed E-state index contributed by atoms with van der Waals surface area (Å²) >= 11 is 0. The van der Waals surface area contributed by atoms with Crippen molar-refractivity contribution in [2.45, 2.75) is 13.5 Å². The number of carboxylic acid groups (broad SMARTS) is 1. The van der Waals surface area contributed by atoms with E-state index in [0.717, 1.165) is 41.2 Å². The Labute approximate surface area is 175 Å². The van der Waals surface area contributed by atoms with Crippen LogP contribution in [0.3, 0.4) is 0 Å². The Hall–Kier alpha value is -3.44. The van der Waals surface area contributed by atoms with Crippen molar-refractivity contribution < 1.29 is 19.5 Å². The average Bonchev–Trinajstić information content (AvgIpc) is 2.76. The molecule has 152 valence electrons. The Bertz CT molecular complexity index is 1150. The molecule has 2 heterocycles. The van der Waals surface area contributed by atoms with Crippen LogP contribution in [0.1, 0.15) is 34.1 Å². The molecule has 0 bridgehead atoms. The molecule has 30 heavy (non-hydrogen) atoms. The van der Waals surface area contributed by atoms with Crippen molar-refractivity contribution in [3.63, 3.8) is 0 Å². The van der Waals surface area contributed by atoms with Crippen molar-refractivity contribution in [3.8, 4) is 5.75 Å². The highest BCUT2D eigenvalue weighted by Gasteiger charge is 2.28. The molecule has 5 heteroatoms. The number of hydrogen-bond donors (Lipinski definition) is 1. The van der Waals surface area contributed by atoms with Crippen molar-refractivity contribution in [2.24, 2.45) is 0 Å². The van der Waals surface area contributed by atoms with Gasteiger partial charge in [-0.15, -0.1) is 0 Å². The van der Waals surface area contributed by atoms with Crippen LogP contribution in [0.25, 0.3) is 22.6 Å². The third kappa shape index (κ3) is 3.84. The topological polar surface area (TPSA) is 66.7 Å². The van der Waals surface area contributed by atoms with E-state index < -0.39 is 5.97 Å². The number of carbonyl (C=O) groups excluding carboxylic acids is 1. The molecule has 1 unspecified atom stereocenters. The third-order valence-corrected chi connectivity index (χ3v) is 5.44. The molecule has 1 aromatic heterocycles. The first-order valence-electron chi connectivity index (χ1n) is 10.1. The summed E-state index contributed by atoms with van der Waals surface area (Å²) in [4.78, 5) is 18.2. The van der Waals surface area contributed by atoms with Gasteiger partial charge in [0.05, 0.1) is 23.7 Å². The molecule has 0 amide bonds. The highest BCUT2D eigenvalue weighted by atomic mass is 16.5. The molecule has 0 aliphatic carbocycles. The number of nitrogens with zero attached hydrogens (tertiary/aromatic N) is 1. The van der Waals surface area contributed by atoms with E-state index in [1.807, 2.05) is 42.5 Å². The van der Waals surface area contributed by atoms with Crippen LogP contribution in [0.4, 0.5) is 0 Å². The summed E-state index contributed by atoms with van der Waals surface area (Å²) in [5, 5.41) is 12.7. The minimum Gasteiger partial charge on any atom is -0.545 e. The lowest BCUT2D eigenvalue weighted by molar-refractivity contribution is -0.905. The second kappa shape index (κ2) is 8.51. The monoisotopic (exact) mass is 400 g/mol. The number of aromatic nitrogens is 1. The number of pyridine rings is 1. The van der Waals surface area contributed by atoms with Crippen LogP contribution >= 0.6 is 0 Å². The maximum Gasteiger partial charge on any atom is 0.120 e. The van der Waals surface area contributed by atoms with Crippen LogP contribution in [0, 0.1) is 0 Å². The molecular weight excluding hydrogens is 376 g/mol. The zero-order valence-electron chi connectivity index (χ0n) is 17.0. The highest BCUT2D eigenvalue weighted by Crippen LogP contribution is 2.30. The third-order valence-electron chi connectivity index (χ3n) is 5.44. The zero-order valence-corrected chi connectivity index (χ0v) is 17.0. The second-order valence-corrected chi connectivity index (χ2v) is 7.42. The van der Waals surface area contributed by atoms with Gasteiger partial charge in [-0.3, -0.25) is 0 Å². The van der Waals surface area contributed by atoms with Crippen LogP contribution in [-0.2, 0) is 6.54 Å². The summed E-state index contributed by atoms with van der Waals surface area (Å²) < 4.78 is 5.65. The molecule has 0 saturated carbocycles. The molecule has 1 aliphatic rings. The highest BCUT2D eigenvalue weighted by molar-refractivity contribution is 6.05. The smallest absolute Gasteiger partial charge is 0.120 e.